The zero-order chi connectivity index (χ0) is 24.2. The molecule has 7 nitrogen and oxygen atoms in total. The molecule has 3 aromatic rings. The maximum absolute atomic E-state index is 13.2. The van der Waals surface area contributed by atoms with Gasteiger partial charge in [0.05, 0.1) is 26.3 Å². The number of hydrogen-bond donors (Lipinski definition) is 0. The van der Waals surface area contributed by atoms with Gasteiger partial charge in [0.2, 0.25) is 5.91 Å². The Morgan fingerprint density at radius 2 is 1.62 bits per heavy atom. The smallest absolute Gasteiger partial charge is 0.265 e. The molecule has 1 aromatic heterocycles. The molecule has 0 aliphatic carbocycles. The molecule has 2 heterocycles. The van der Waals surface area contributed by atoms with E-state index in [2.05, 4.69) is 4.98 Å². The average molecular weight is 484 g/mol. The van der Waals surface area contributed by atoms with Gasteiger partial charge in [-0.05, 0) is 42.8 Å². The Bertz CT molecular complexity index is 1190. The molecule has 1 saturated heterocycles. The summed E-state index contributed by atoms with van der Waals surface area (Å²) < 4.78 is 23.8. The lowest BCUT2D eigenvalue weighted by molar-refractivity contribution is -0.131. The first-order valence-corrected chi connectivity index (χ1v) is 11.7. The van der Waals surface area contributed by atoms with Gasteiger partial charge in [0.15, 0.2) is 11.5 Å². The number of ether oxygens (including phenoxy) is 2. The molecule has 9 heteroatoms. The predicted octanol–water partition coefficient (Wildman–Crippen LogP) is 3.80. The molecule has 4 rings (SSSR count). The van der Waals surface area contributed by atoms with E-state index in [4.69, 9.17) is 9.47 Å². The minimum absolute atomic E-state index is 0.0246. The van der Waals surface area contributed by atoms with Crippen molar-refractivity contribution in [2.45, 2.75) is 13.3 Å². The lowest BCUT2D eigenvalue weighted by Crippen LogP contribution is -2.51. The number of carbonyl (C=O) groups excluding carboxylic acids is 2. The number of aryl methyl sites for hydroxylation is 1. The minimum atomic E-state index is -0.323. The van der Waals surface area contributed by atoms with E-state index < -0.39 is 0 Å². The van der Waals surface area contributed by atoms with Crippen LogP contribution in [0.4, 0.5) is 4.39 Å². The summed E-state index contributed by atoms with van der Waals surface area (Å²) >= 11 is 1.35. The van der Waals surface area contributed by atoms with Crippen molar-refractivity contribution in [3.05, 3.63) is 64.4 Å². The van der Waals surface area contributed by atoms with Crippen LogP contribution in [0.2, 0.25) is 0 Å². The first-order valence-electron chi connectivity index (χ1n) is 10.9. The standard InChI is InChI=1S/C25H26FN3O4S/c1-16-23(34-24(27-16)18-6-9-20(32-2)21(15-18)33-3)25(31)29-12-10-28(11-13-29)22(30)14-17-4-7-19(26)8-5-17/h4-9,15H,10-14H2,1-3H3. The van der Waals surface area contributed by atoms with Crippen LogP contribution >= 0.6 is 11.3 Å². The molecule has 1 aliphatic heterocycles. The average Bonchev–Trinajstić information content (AvgIpc) is 3.26. The fourth-order valence-electron chi connectivity index (χ4n) is 3.88. The molecule has 0 atom stereocenters. The number of nitrogens with zero attached hydrogens (tertiary/aromatic N) is 3. The van der Waals surface area contributed by atoms with Crippen molar-refractivity contribution in [1.29, 1.82) is 0 Å². The van der Waals surface area contributed by atoms with Crippen molar-refractivity contribution in [2.24, 2.45) is 0 Å². The second kappa shape index (κ2) is 10.2. The Kier molecular flexibility index (Phi) is 7.12. The number of carbonyl (C=O) groups is 2. The highest BCUT2D eigenvalue weighted by Crippen LogP contribution is 2.35. The number of rotatable bonds is 6. The Hall–Kier alpha value is -3.46. The van der Waals surface area contributed by atoms with Crippen LogP contribution in [0.3, 0.4) is 0 Å². The van der Waals surface area contributed by atoms with Crippen molar-refractivity contribution in [2.75, 3.05) is 40.4 Å². The molecule has 0 unspecified atom stereocenters. The topological polar surface area (TPSA) is 72.0 Å². The summed E-state index contributed by atoms with van der Waals surface area (Å²) in [5.41, 5.74) is 2.29. The lowest BCUT2D eigenvalue weighted by Gasteiger charge is -2.34. The highest BCUT2D eigenvalue weighted by molar-refractivity contribution is 7.17. The van der Waals surface area contributed by atoms with Gasteiger partial charge in [-0.3, -0.25) is 9.59 Å². The molecule has 0 saturated carbocycles. The Morgan fingerprint density at radius 3 is 2.26 bits per heavy atom. The van der Waals surface area contributed by atoms with Crippen LogP contribution in [0.1, 0.15) is 20.9 Å². The van der Waals surface area contributed by atoms with Gasteiger partial charge in [0.1, 0.15) is 15.7 Å². The number of piperazine rings is 1. The maximum atomic E-state index is 13.2. The van der Waals surface area contributed by atoms with Crippen LogP contribution < -0.4 is 9.47 Å². The summed E-state index contributed by atoms with van der Waals surface area (Å²) in [6.45, 7) is 3.67. The minimum Gasteiger partial charge on any atom is -0.493 e. The number of halogens is 1. The number of methoxy groups -OCH3 is 2. The molecule has 34 heavy (non-hydrogen) atoms. The van der Waals surface area contributed by atoms with Gasteiger partial charge in [-0.1, -0.05) is 12.1 Å². The predicted molar refractivity (Wildman–Crippen MR) is 128 cm³/mol. The third-order valence-corrected chi connectivity index (χ3v) is 7.00. The van der Waals surface area contributed by atoms with E-state index in [1.54, 1.807) is 36.2 Å². The van der Waals surface area contributed by atoms with Crippen molar-refractivity contribution in [3.8, 4) is 22.1 Å². The van der Waals surface area contributed by atoms with Crippen LogP contribution in [-0.2, 0) is 11.2 Å². The van der Waals surface area contributed by atoms with E-state index in [-0.39, 0.29) is 24.1 Å². The van der Waals surface area contributed by atoms with Crippen molar-refractivity contribution >= 4 is 23.2 Å². The normalized spacial score (nSPS) is 13.6. The van der Waals surface area contributed by atoms with E-state index >= 15 is 0 Å². The van der Waals surface area contributed by atoms with E-state index in [9.17, 15) is 14.0 Å². The van der Waals surface area contributed by atoms with E-state index in [1.165, 1.54) is 23.5 Å². The zero-order valence-corrected chi connectivity index (χ0v) is 20.2. The van der Waals surface area contributed by atoms with Crippen molar-refractivity contribution in [1.82, 2.24) is 14.8 Å². The first-order chi connectivity index (χ1) is 16.4. The largest absolute Gasteiger partial charge is 0.493 e. The molecule has 0 radical (unpaired) electrons. The van der Waals surface area contributed by atoms with Crippen LogP contribution in [-0.4, -0.2) is 67.0 Å². The molecular weight excluding hydrogens is 457 g/mol. The van der Waals surface area contributed by atoms with Crippen LogP contribution in [0, 0.1) is 12.7 Å². The zero-order valence-electron chi connectivity index (χ0n) is 19.3. The van der Waals surface area contributed by atoms with Crippen LogP contribution in [0.15, 0.2) is 42.5 Å². The van der Waals surface area contributed by atoms with Crippen molar-refractivity contribution in [3.63, 3.8) is 0 Å². The first kappa shape index (κ1) is 23.7. The highest BCUT2D eigenvalue weighted by Gasteiger charge is 2.27. The third-order valence-electron chi connectivity index (χ3n) is 5.81. The van der Waals surface area contributed by atoms with Gasteiger partial charge in [-0.15, -0.1) is 11.3 Å². The molecule has 2 aromatic carbocycles. The van der Waals surface area contributed by atoms with Gasteiger partial charge >= 0.3 is 0 Å². The molecular formula is C25H26FN3O4S. The lowest BCUT2D eigenvalue weighted by atomic mass is 10.1. The molecule has 1 fully saturated rings. The molecule has 0 spiro atoms. The van der Waals surface area contributed by atoms with E-state index in [0.717, 1.165) is 16.1 Å². The van der Waals surface area contributed by atoms with Crippen LogP contribution in [0.5, 0.6) is 11.5 Å². The number of thiazole rings is 1. The fraction of sp³-hybridized carbons (Fsp3) is 0.320. The molecule has 2 amide bonds. The van der Waals surface area contributed by atoms with Gasteiger partial charge in [0, 0.05) is 31.7 Å². The summed E-state index contributed by atoms with van der Waals surface area (Å²) in [4.78, 5) is 34.5. The highest BCUT2D eigenvalue weighted by atomic mass is 32.1. The maximum Gasteiger partial charge on any atom is 0.265 e. The molecule has 0 N–H and O–H groups in total. The second-order valence-corrected chi connectivity index (χ2v) is 8.98. The summed E-state index contributed by atoms with van der Waals surface area (Å²) in [7, 11) is 3.16. The van der Waals surface area contributed by atoms with Gasteiger partial charge in [-0.2, -0.15) is 0 Å². The van der Waals surface area contributed by atoms with Crippen LogP contribution in [0.25, 0.3) is 10.6 Å². The molecule has 1 aliphatic rings. The quantitative estimate of drug-likeness (QED) is 0.533. The molecule has 178 valence electrons. The second-order valence-electron chi connectivity index (χ2n) is 7.98. The number of benzene rings is 2. The Labute approximate surface area is 201 Å². The van der Waals surface area contributed by atoms with Gasteiger partial charge in [-0.25, -0.2) is 9.37 Å². The number of amides is 2. The van der Waals surface area contributed by atoms with Crippen molar-refractivity contribution < 1.29 is 23.5 Å². The van der Waals surface area contributed by atoms with E-state index in [1.807, 2.05) is 25.1 Å². The van der Waals surface area contributed by atoms with E-state index in [0.29, 0.717) is 48.2 Å². The molecule has 0 bridgehead atoms. The summed E-state index contributed by atoms with van der Waals surface area (Å²) in [6.07, 6.45) is 0.219. The monoisotopic (exact) mass is 483 g/mol. The summed E-state index contributed by atoms with van der Waals surface area (Å²) in [5, 5.41) is 0.731. The Balaban J connectivity index is 1.40. The number of hydrogen-bond acceptors (Lipinski definition) is 6. The summed E-state index contributed by atoms with van der Waals surface area (Å²) in [6, 6.07) is 11.5. The Morgan fingerprint density at radius 1 is 0.971 bits per heavy atom. The summed E-state index contributed by atoms with van der Waals surface area (Å²) in [5.74, 6) is 0.802. The van der Waals surface area contributed by atoms with Gasteiger partial charge < -0.3 is 19.3 Å². The fourth-order valence-corrected chi connectivity index (χ4v) is 4.91. The SMILES string of the molecule is COc1ccc(-c2nc(C)c(C(=O)N3CCN(C(=O)Cc4ccc(F)cc4)CC3)s2)cc1OC. The third kappa shape index (κ3) is 5.04. The number of aromatic nitrogens is 1. The van der Waals surface area contributed by atoms with Gasteiger partial charge in [0.25, 0.3) is 5.91 Å².